The van der Waals surface area contributed by atoms with E-state index in [1.165, 1.54) is 4.90 Å². The zero-order chi connectivity index (χ0) is 14.3. The van der Waals surface area contributed by atoms with Crippen molar-refractivity contribution >= 4 is 39.2 Å². The molecule has 0 radical (unpaired) electrons. The fourth-order valence-corrected chi connectivity index (χ4v) is 3.36. The number of rotatable bonds is 2. The highest BCUT2D eigenvalue weighted by molar-refractivity contribution is 9.10. The summed E-state index contributed by atoms with van der Waals surface area (Å²) in [6.45, 7) is 0. The average molecular weight is 336 g/mol. The van der Waals surface area contributed by atoms with Crippen molar-refractivity contribution in [2.24, 2.45) is 11.8 Å². The van der Waals surface area contributed by atoms with Gasteiger partial charge in [-0.25, -0.2) is 0 Å². The Bertz CT molecular complexity index is 581. The maximum Gasteiger partial charge on any atom is 0.238 e. The third-order valence-electron chi connectivity index (χ3n) is 4.10. The van der Waals surface area contributed by atoms with Gasteiger partial charge in [0.1, 0.15) is 5.78 Å². The van der Waals surface area contributed by atoms with Crippen LogP contribution in [0, 0.1) is 11.8 Å². The molecule has 2 amide bonds. The minimum atomic E-state index is -0.457. The van der Waals surface area contributed by atoms with Crippen molar-refractivity contribution < 1.29 is 14.4 Å². The average Bonchev–Trinajstić information content (AvgIpc) is 2.95. The topological polar surface area (TPSA) is 54.5 Å². The van der Waals surface area contributed by atoms with Gasteiger partial charge in [-0.1, -0.05) is 15.9 Å². The predicted octanol–water partition coefficient (Wildman–Crippen LogP) is 2.70. The first-order valence-corrected chi connectivity index (χ1v) is 7.52. The molecule has 1 saturated carbocycles. The van der Waals surface area contributed by atoms with E-state index in [0.29, 0.717) is 12.1 Å². The summed E-state index contributed by atoms with van der Waals surface area (Å²) in [5, 5.41) is 0. The molecule has 2 atom stereocenters. The molecule has 3 rings (SSSR count). The zero-order valence-electron chi connectivity index (χ0n) is 10.8. The van der Waals surface area contributed by atoms with Crippen LogP contribution in [0.1, 0.15) is 25.7 Å². The molecule has 2 unspecified atom stereocenters. The third-order valence-corrected chi connectivity index (χ3v) is 4.63. The van der Waals surface area contributed by atoms with E-state index < -0.39 is 5.92 Å². The third kappa shape index (κ3) is 2.20. The Morgan fingerprint density at radius 3 is 2.35 bits per heavy atom. The number of carbonyl (C=O) groups excluding carboxylic acids is 3. The van der Waals surface area contributed by atoms with Gasteiger partial charge in [-0.15, -0.1) is 0 Å². The van der Waals surface area contributed by atoms with Gasteiger partial charge < -0.3 is 0 Å². The molecule has 1 aromatic rings. The van der Waals surface area contributed by atoms with Crippen molar-refractivity contribution in [3.05, 3.63) is 28.7 Å². The van der Waals surface area contributed by atoms with Crippen molar-refractivity contribution in [2.75, 3.05) is 4.90 Å². The van der Waals surface area contributed by atoms with Crippen molar-refractivity contribution in [3.8, 4) is 0 Å². The molecule has 1 aliphatic heterocycles. The van der Waals surface area contributed by atoms with E-state index in [1.54, 1.807) is 24.3 Å². The number of anilines is 1. The highest BCUT2D eigenvalue weighted by Gasteiger charge is 2.46. The van der Waals surface area contributed by atoms with E-state index in [9.17, 15) is 14.4 Å². The number of nitrogens with zero attached hydrogens (tertiary/aromatic N) is 1. The van der Waals surface area contributed by atoms with Crippen molar-refractivity contribution in [1.82, 2.24) is 0 Å². The Balaban J connectivity index is 1.87. The molecule has 1 heterocycles. The van der Waals surface area contributed by atoms with Gasteiger partial charge in [0.15, 0.2) is 0 Å². The van der Waals surface area contributed by atoms with E-state index in [2.05, 4.69) is 15.9 Å². The summed E-state index contributed by atoms with van der Waals surface area (Å²) >= 11 is 3.32. The maximum absolute atomic E-state index is 12.5. The molecule has 0 bridgehead atoms. The molecule has 1 aliphatic carbocycles. The second-order valence-electron chi connectivity index (χ2n) is 5.32. The van der Waals surface area contributed by atoms with Crippen LogP contribution in [-0.4, -0.2) is 17.6 Å². The number of imide groups is 1. The molecule has 1 aromatic carbocycles. The Hall–Kier alpha value is -1.49. The number of hydrogen-bond acceptors (Lipinski definition) is 3. The second kappa shape index (κ2) is 5.13. The number of ketones is 1. The van der Waals surface area contributed by atoms with Crippen molar-refractivity contribution in [2.45, 2.75) is 25.7 Å². The van der Waals surface area contributed by atoms with Crippen LogP contribution >= 0.6 is 15.9 Å². The number of halogens is 1. The lowest BCUT2D eigenvalue weighted by Crippen LogP contribution is -2.33. The van der Waals surface area contributed by atoms with Crippen molar-refractivity contribution in [1.29, 1.82) is 0 Å². The monoisotopic (exact) mass is 335 g/mol. The van der Waals surface area contributed by atoms with Crippen LogP contribution in [0.3, 0.4) is 0 Å². The molecule has 0 aromatic heterocycles. The van der Waals surface area contributed by atoms with E-state index in [1.807, 2.05) is 0 Å². The van der Waals surface area contributed by atoms with Gasteiger partial charge in [-0.3, -0.25) is 19.3 Å². The fraction of sp³-hybridized carbons (Fsp3) is 0.400. The number of benzene rings is 1. The van der Waals surface area contributed by atoms with E-state index in [4.69, 9.17) is 0 Å². The van der Waals surface area contributed by atoms with Crippen LogP contribution in [0.15, 0.2) is 28.7 Å². The summed E-state index contributed by atoms with van der Waals surface area (Å²) in [5.41, 5.74) is 0.580. The summed E-state index contributed by atoms with van der Waals surface area (Å²) in [6.07, 6.45) is 2.27. The second-order valence-corrected chi connectivity index (χ2v) is 6.24. The quantitative estimate of drug-likeness (QED) is 0.781. The van der Waals surface area contributed by atoms with Crippen LogP contribution in [0.5, 0.6) is 0 Å². The minimum absolute atomic E-state index is 0.133. The van der Waals surface area contributed by atoms with Gasteiger partial charge in [-0.2, -0.15) is 0 Å². The molecule has 5 heteroatoms. The highest BCUT2D eigenvalue weighted by Crippen LogP contribution is 2.37. The Morgan fingerprint density at radius 2 is 1.75 bits per heavy atom. The fourth-order valence-electron chi connectivity index (χ4n) is 3.10. The maximum atomic E-state index is 12.5. The lowest BCUT2D eigenvalue weighted by Gasteiger charge is -2.17. The van der Waals surface area contributed by atoms with Crippen LogP contribution in [0.25, 0.3) is 0 Å². The molecule has 104 valence electrons. The molecule has 0 spiro atoms. The Labute approximate surface area is 125 Å². The Morgan fingerprint density at radius 1 is 1.05 bits per heavy atom. The van der Waals surface area contributed by atoms with Crippen LogP contribution < -0.4 is 4.90 Å². The first kappa shape index (κ1) is 13.5. The van der Waals surface area contributed by atoms with Crippen LogP contribution in [-0.2, 0) is 14.4 Å². The highest BCUT2D eigenvalue weighted by atomic mass is 79.9. The van der Waals surface area contributed by atoms with Gasteiger partial charge >= 0.3 is 0 Å². The summed E-state index contributed by atoms with van der Waals surface area (Å²) in [5.74, 6) is -1.01. The number of hydrogen-bond donors (Lipinski definition) is 0. The molecule has 0 N–H and O–H groups in total. The van der Waals surface area contributed by atoms with E-state index in [0.717, 1.165) is 17.3 Å². The number of carbonyl (C=O) groups is 3. The first-order valence-electron chi connectivity index (χ1n) is 6.73. The van der Waals surface area contributed by atoms with Gasteiger partial charge in [-0.05, 0) is 37.1 Å². The molecule has 4 nitrogen and oxygen atoms in total. The summed E-state index contributed by atoms with van der Waals surface area (Å²) in [7, 11) is 0. The normalized spacial score (nSPS) is 26.6. The lowest BCUT2D eigenvalue weighted by atomic mass is 9.89. The van der Waals surface area contributed by atoms with Crippen LogP contribution in [0.4, 0.5) is 5.69 Å². The van der Waals surface area contributed by atoms with Gasteiger partial charge in [0.25, 0.3) is 0 Å². The molecule has 2 fully saturated rings. The lowest BCUT2D eigenvalue weighted by molar-refractivity contribution is -0.129. The van der Waals surface area contributed by atoms with Gasteiger partial charge in [0, 0.05) is 23.2 Å². The molecule has 1 saturated heterocycles. The molecule has 2 aliphatic rings. The summed E-state index contributed by atoms with van der Waals surface area (Å²) in [4.78, 5) is 37.6. The molecular formula is C15H14BrNO3. The van der Waals surface area contributed by atoms with E-state index >= 15 is 0 Å². The predicted molar refractivity (Wildman–Crippen MR) is 77.1 cm³/mol. The minimum Gasteiger partial charge on any atom is -0.299 e. The van der Waals surface area contributed by atoms with Gasteiger partial charge in [0.2, 0.25) is 11.8 Å². The standard InChI is InChI=1S/C15H14BrNO3/c16-9-4-6-10(7-5-9)17-14(19)8-12(15(17)20)11-2-1-3-13(11)18/h4-7,11-12H,1-3,8H2. The summed E-state index contributed by atoms with van der Waals surface area (Å²) in [6, 6.07) is 7.06. The molecule has 20 heavy (non-hydrogen) atoms. The molecular weight excluding hydrogens is 322 g/mol. The number of Topliss-reactive ketones (excluding diaryl/α,β-unsaturated/α-hetero) is 1. The van der Waals surface area contributed by atoms with Gasteiger partial charge in [0.05, 0.1) is 11.6 Å². The zero-order valence-corrected chi connectivity index (χ0v) is 12.4. The first-order chi connectivity index (χ1) is 9.58. The number of amides is 2. The SMILES string of the molecule is O=C1CCCC1C1CC(=O)N(c2ccc(Br)cc2)C1=O. The Kier molecular flexibility index (Phi) is 3.46. The van der Waals surface area contributed by atoms with Crippen molar-refractivity contribution in [3.63, 3.8) is 0 Å². The smallest absolute Gasteiger partial charge is 0.238 e. The largest absolute Gasteiger partial charge is 0.299 e. The van der Waals surface area contributed by atoms with Crippen LogP contribution in [0.2, 0.25) is 0 Å². The summed E-state index contributed by atoms with van der Waals surface area (Å²) < 4.78 is 0.892. The van der Waals surface area contributed by atoms with E-state index in [-0.39, 0.29) is 29.9 Å².